The van der Waals surface area contributed by atoms with Gasteiger partial charge in [-0.3, -0.25) is 4.72 Å². The molecule has 2 aromatic carbocycles. The van der Waals surface area contributed by atoms with Crippen LogP contribution in [0.4, 0.5) is 11.4 Å². The molecule has 0 spiro atoms. The summed E-state index contributed by atoms with van der Waals surface area (Å²) in [6, 6.07) is 14.5. The Kier molecular flexibility index (Phi) is 4.74. The van der Waals surface area contributed by atoms with Crippen LogP contribution in [0.1, 0.15) is 12.8 Å². The van der Waals surface area contributed by atoms with Crippen LogP contribution >= 0.6 is 0 Å². The van der Waals surface area contributed by atoms with Gasteiger partial charge in [0.15, 0.2) is 0 Å². The first-order valence-electron chi connectivity index (χ1n) is 8.95. The van der Waals surface area contributed by atoms with E-state index in [2.05, 4.69) is 14.9 Å². The van der Waals surface area contributed by atoms with E-state index < -0.39 is 10.0 Å². The number of benzene rings is 2. The lowest BCUT2D eigenvalue weighted by Crippen LogP contribution is -2.38. The first-order chi connectivity index (χ1) is 12.6. The van der Waals surface area contributed by atoms with E-state index >= 15 is 0 Å². The van der Waals surface area contributed by atoms with Gasteiger partial charge in [0, 0.05) is 25.2 Å². The van der Waals surface area contributed by atoms with Crippen molar-refractivity contribution in [2.24, 2.45) is 0 Å². The molecule has 1 aliphatic heterocycles. The highest BCUT2D eigenvalue weighted by Gasteiger charge is 2.22. The Labute approximate surface area is 154 Å². The van der Waals surface area contributed by atoms with Gasteiger partial charge in [-0.25, -0.2) is 8.42 Å². The Balaban J connectivity index is 1.47. The van der Waals surface area contributed by atoms with E-state index in [9.17, 15) is 8.42 Å². The molecule has 0 saturated heterocycles. The molecular formula is C19H23N3O3S. The topological polar surface area (TPSA) is 70.7 Å². The van der Waals surface area contributed by atoms with E-state index in [4.69, 9.17) is 4.74 Å². The summed E-state index contributed by atoms with van der Waals surface area (Å²) in [7, 11) is -3.60. The average molecular weight is 373 g/mol. The average Bonchev–Trinajstić information content (AvgIpc) is 3.46. The number of sulfonamides is 1. The number of fused-ring (bicyclic) bond motifs is 1. The number of nitrogens with zero attached hydrogens (tertiary/aromatic N) is 1. The second-order valence-corrected chi connectivity index (χ2v) is 8.35. The summed E-state index contributed by atoms with van der Waals surface area (Å²) in [6.45, 7) is 3.31. The summed E-state index contributed by atoms with van der Waals surface area (Å²) < 4.78 is 33.3. The molecule has 0 unspecified atom stereocenters. The van der Waals surface area contributed by atoms with Crippen molar-refractivity contribution in [3.05, 3.63) is 48.5 Å². The van der Waals surface area contributed by atoms with Crippen LogP contribution in [0, 0.1) is 0 Å². The van der Waals surface area contributed by atoms with E-state index in [1.165, 1.54) is 12.8 Å². The predicted octanol–water partition coefficient (Wildman–Crippen LogP) is 2.44. The highest BCUT2D eigenvalue weighted by atomic mass is 32.2. The van der Waals surface area contributed by atoms with Gasteiger partial charge in [0.2, 0.25) is 0 Å². The maximum absolute atomic E-state index is 12.5. The van der Waals surface area contributed by atoms with Crippen LogP contribution in [0.5, 0.6) is 5.75 Å². The lowest BCUT2D eigenvalue weighted by atomic mass is 10.2. The third kappa shape index (κ3) is 3.94. The van der Waals surface area contributed by atoms with Crippen molar-refractivity contribution < 1.29 is 13.2 Å². The SMILES string of the molecule is O=S(=O)(Nc1ccc2c(c1)OCCN2CCNC1CC1)c1ccccc1. The molecule has 2 aromatic rings. The molecule has 1 aliphatic carbocycles. The lowest BCUT2D eigenvalue weighted by molar-refractivity contribution is 0.307. The molecule has 1 heterocycles. The van der Waals surface area contributed by atoms with E-state index in [0.29, 0.717) is 18.3 Å². The molecule has 1 fully saturated rings. The van der Waals surface area contributed by atoms with Crippen molar-refractivity contribution in [1.82, 2.24) is 5.32 Å². The minimum Gasteiger partial charge on any atom is -0.489 e. The van der Waals surface area contributed by atoms with Crippen LogP contribution in [-0.2, 0) is 10.0 Å². The molecule has 0 bridgehead atoms. The van der Waals surface area contributed by atoms with E-state index in [-0.39, 0.29) is 4.90 Å². The van der Waals surface area contributed by atoms with Crippen LogP contribution in [0.2, 0.25) is 0 Å². The maximum Gasteiger partial charge on any atom is 0.261 e. The fourth-order valence-corrected chi connectivity index (χ4v) is 4.15. The van der Waals surface area contributed by atoms with Crippen LogP contribution < -0.4 is 19.7 Å². The van der Waals surface area contributed by atoms with Gasteiger partial charge in [-0.1, -0.05) is 18.2 Å². The summed E-state index contributed by atoms with van der Waals surface area (Å²) in [6.07, 6.45) is 2.56. The van der Waals surface area contributed by atoms with Gasteiger partial charge in [-0.15, -0.1) is 0 Å². The fourth-order valence-electron chi connectivity index (χ4n) is 3.08. The van der Waals surface area contributed by atoms with Crippen molar-refractivity contribution >= 4 is 21.4 Å². The van der Waals surface area contributed by atoms with E-state index in [0.717, 1.165) is 31.1 Å². The second-order valence-electron chi connectivity index (χ2n) is 6.66. The van der Waals surface area contributed by atoms with Gasteiger partial charge in [-0.2, -0.15) is 0 Å². The maximum atomic E-state index is 12.5. The Hall–Kier alpha value is -2.25. The number of hydrogen-bond donors (Lipinski definition) is 2. The first kappa shape index (κ1) is 17.2. The first-order valence-corrected chi connectivity index (χ1v) is 10.4. The van der Waals surface area contributed by atoms with Gasteiger partial charge in [0.25, 0.3) is 10.0 Å². The summed E-state index contributed by atoms with van der Waals surface area (Å²) in [5.41, 5.74) is 1.52. The summed E-state index contributed by atoms with van der Waals surface area (Å²) >= 11 is 0. The van der Waals surface area contributed by atoms with Crippen LogP contribution in [0.25, 0.3) is 0 Å². The number of hydrogen-bond acceptors (Lipinski definition) is 5. The van der Waals surface area contributed by atoms with E-state index in [1.807, 2.05) is 6.07 Å². The molecule has 1 saturated carbocycles. The fraction of sp³-hybridized carbons (Fsp3) is 0.368. The van der Waals surface area contributed by atoms with Gasteiger partial charge < -0.3 is 15.0 Å². The number of ether oxygens (including phenoxy) is 1. The van der Waals surface area contributed by atoms with Crippen molar-refractivity contribution in [2.75, 3.05) is 35.9 Å². The Morgan fingerprint density at radius 2 is 1.92 bits per heavy atom. The third-order valence-corrected chi connectivity index (χ3v) is 6.01. The molecule has 0 atom stereocenters. The normalized spacial score (nSPS) is 16.7. The zero-order valence-electron chi connectivity index (χ0n) is 14.5. The third-order valence-electron chi connectivity index (χ3n) is 4.62. The van der Waals surface area contributed by atoms with E-state index in [1.54, 1.807) is 42.5 Å². The minimum absolute atomic E-state index is 0.242. The molecule has 0 radical (unpaired) electrons. The minimum atomic E-state index is -3.60. The Bertz CT molecular complexity index is 867. The van der Waals surface area contributed by atoms with Crippen molar-refractivity contribution in [3.63, 3.8) is 0 Å². The second kappa shape index (κ2) is 7.17. The number of anilines is 2. The quantitative estimate of drug-likeness (QED) is 0.780. The highest BCUT2D eigenvalue weighted by Crippen LogP contribution is 2.34. The molecule has 4 rings (SSSR count). The van der Waals surface area contributed by atoms with Crippen molar-refractivity contribution in [2.45, 2.75) is 23.8 Å². The smallest absolute Gasteiger partial charge is 0.261 e. The van der Waals surface area contributed by atoms with Crippen LogP contribution in [-0.4, -0.2) is 40.7 Å². The molecule has 2 N–H and O–H groups in total. The zero-order chi connectivity index (χ0) is 18.0. The van der Waals surface area contributed by atoms with Gasteiger partial charge in [0.05, 0.1) is 22.8 Å². The molecule has 6 nitrogen and oxygen atoms in total. The Morgan fingerprint density at radius 1 is 1.12 bits per heavy atom. The molecule has 0 aromatic heterocycles. The summed E-state index contributed by atoms with van der Waals surface area (Å²) in [4.78, 5) is 2.52. The van der Waals surface area contributed by atoms with Gasteiger partial charge in [-0.05, 0) is 37.1 Å². The standard InChI is InChI=1S/C19H23N3O3S/c23-26(24,17-4-2-1-3-5-17)21-16-8-9-18-19(14-16)25-13-12-22(18)11-10-20-15-6-7-15/h1-5,8-9,14-15,20-21H,6-7,10-13H2. The summed E-state index contributed by atoms with van der Waals surface area (Å²) in [5, 5.41) is 3.52. The molecule has 7 heteroatoms. The molecule has 138 valence electrons. The molecule has 2 aliphatic rings. The monoisotopic (exact) mass is 373 g/mol. The molecular weight excluding hydrogens is 350 g/mol. The largest absolute Gasteiger partial charge is 0.489 e. The predicted molar refractivity (Wildman–Crippen MR) is 102 cm³/mol. The highest BCUT2D eigenvalue weighted by molar-refractivity contribution is 7.92. The summed E-state index contributed by atoms with van der Waals surface area (Å²) in [5.74, 6) is 0.718. The molecule has 0 amide bonds. The lowest BCUT2D eigenvalue weighted by Gasteiger charge is -2.31. The number of rotatable bonds is 7. The van der Waals surface area contributed by atoms with Crippen molar-refractivity contribution in [1.29, 1.82) is 0 Å². The van der Waals surface area contributed by atoms with Gasteiger partial charge >= 0.3 is 0 Å². The molecule has 26 heavy (non-hydrogen) atoms. The number of nitrogens with one attached hydrogen (secondary N) is 2. The zero-order valence-corrected chi connectivity index (χ0v) is 15.3. The van der Waals surface area contributed by atoms with Crippen LogP contribution in [0.15, 0.2) is 53.4 Å². The Morgan fingerprint density at radius 3 is 2.69 bits per heavy atom. The van der Waals surface area contributed by atoms with Crippen LogP contribution in [0.3, 0.4) is 0 Å². The van der Waals surface area contributed by atoms with Crippen molar-refractivity contribution in [3.8, 4) is 5.75 Å². The van der Waals surface area contributed by atoms with Gasteiger partial charge in [0.1, 0.15) is 12.4 Å².